The first-order valence-corrected chi connectivity index (χ1v) is 7.36. The molecule has 0 saturated carbocycles. The van der Waals surface area contributed by atoms with Crippen molar-refractivity contribution in [2.75, 3.05) is 7.11 Å². The standard InChI is InChI=1S/C19H16N2O3/c1-24-18-11-15-5-3-2-4-14(15)10-17(18)19(23)21-20-12-13-6-8-16(22)9-7-13/h2-12,22H,1H3,(H,21,23)/b20-12-. The predicted molar refractivity (Wildman–Crippen MR) is 93.7 cm³/mol. The van der Waals surface area contributed by atoms with Crippen LogP contribution in [0, 0.1) is 0 Å². The van der Waals surface area contributed by atoms with Crippen LogP contribution in [0.2, 0.25) is 0 Å². The Kier molecular flexibility index (Phi) is 4.43. The second-order valence-corrected chi connectivity index (χ2v) is 5.19. The summed E-state index contributed by atoms with van der Waals surface area (Å²) in [6.45, 7) is 0. The summed E-state index contributed by atoms with van der Waals surface area (Å²) in [5.74, 6) is 0.316. The molecule has 3 rings (SSSR count). The summed E-state index contributed by atoms with van der Waals surface area (Å²) < 4.78 is 5.31. The summed E-state index contributed by atoms with van der Waals surface area (Å²) in [5, 5.41) is 15.1. The first kappa shape index (κ1) is 15.6. The fourth-order valence-electron chi connectivity index (χ4n) is 2.35. The molecule has 0 bridgehead atoms. The highest BCUT2D eigenvalue weighted by molar-refractivity contribution is 6.01. The van der Waals surface area contributed by atoms with Crippen LogP contribution in [0.3, 0.4) is 0 Å². The SMILES string of the molecule is COc1cc2ccccc2cc1C(=O)N/N=C\c1ccc(O)cc1. The molecular formula is C19H16N2O3. The van der Waals surface area contributed by atoms with Crippen LogP contribution in [0.5, 0.6) is 11.5 Å². The van der Waals surface area contributed by atoms with Crippen LogP contribution in [0.15, 0.2) is 65.8 Å². The van der Waals surface area contributed by atoms with Gasteiger partial charge in [-0.3, -0.25) is 4.79 Å². The van der Waals surface area contributed by atoms with Crippen molar-refractivity contribution < 1.29 is 14.6 Å². The van der Waals surface area contributed by atoms with E-state index in [1.807, 2.05) is 30.3 Å². The van der Waals surface area contributed by atoms with Gasteiger partial charge in [-0.05, 0) is 52.7 Å². The Balaban J connectivity index is 1.81. The van der Waals surface area contributed by atoms with Crippen molar-refractivity contribution in [3.63, 3.8) is 0 Å². The Bertz CT molecular complexity index is 902. The van der Waals surface area contributed by atoms with Crippen molar-refractivity contribution in [3.05, 3.63) is 71.8 Å². The van der Waals surface area contributed by atoms with Crippen LogP contribution in [0.1, 0.15) is 15.9 Å². The highest BCUT2D eigenvalue weighted by atomic mass is 16.5. The summed E-state index contributed by atoms with van der Waals surface area (Å²) in [6, 6.07) is 17.8. The van der Waals surface area contributed by atoms with Gasteiger partial charge in [-0.25, -0.2) is 5.43 Å². The van der Waals surface area contributed by atoms with E-state index in [4.69, 9.17) is 4.74 Å². The number of phenols is 1. The summed E-state index contributed by atoms with van der Waals surface area (Å²) in [6.07, 6.45) is 1.50. The van der Waals surface area contributed by atoms with Gasteiger partial charge >= 0.3 is 0 Å². The lowest BCUT2D eigenvalue weighted by Gasteiger charge is -2.09. The van der Waals surface area contributed by atoms with Gasteiger partial charge in [-0.15, -0.1) is 0 Å². The largest absolute Gasteiger partial charge is 0.508 e. The lowest BCUT2D eigenvalue weighted by Crippen LogP contribution is -2.18. The third-order valence-corrected chi connectivity index (χ3v) is 3.59. The number of benzene rings is 3. The van der Waals surface area contributed by atoms with E-state index in [-0.39, 0.29) is 11.7 Å². The molecule has 120 valence electrons. The van der Waals surface area contributed by atoms with Crippen molar-refractivity contribution in [1.82, 2.24) is 5.43 Å². The van der Waals surface area contributed by atoms with Crippen LogP contribution in [0.4, 0.5) is 0 Å². The molecule has 24 heavy (non-hydrogen) atoms. The Labute approximate surface area is 139 Å². The predicted octanol–water partition coefficient (Wildman–Crippen LogP) is 3.32. The number of amides is 1. The maximum Gasteiger partial charge on any atom is 0.275 e. The van der Waals surface area contributed by atoms with E-state index in [1.54, 1.807) is 30.3 Å². The van der Waals surface area contributed by atoms with Gasteiger partial charge in [0.05, 0.1) is 18.9 Å². The van der Waals surface area contributed by atoms with E-state index in [2.05, 4.69) is 10.5 Å². The van der Waals surface area contributed by atoms with E-state index in [0.717, 1.165) is 16.3 Å². The van der Waals surface area contributed by atoms with E-state index >= 15 is 0 Å². The number of carbonyl (C=O) groups is 1. The number of carbonyl (C=O) groups excluding carboxylic acids is 1. The first-order valence-electron chi connectivity index (χ1n) is 7.36. The number of hydrogen-bond donors (Lipinski definition) is 2. The number of methoxy groups -OCH3 is 1. The maximum atomic E-state index is 12.4. The number of rotatable bonds is 4. The molecule has 0 aliphatic heterocycles. The summed E-state index contributed by atoms with van der Waals surface area (Å²) in [7, 11) is 1.53. The van der Waals surface area contributed by atoms with Crippen LogP contribution in [-0.4, -0.2) is 24.3 Å². The van der Waals surface area contributed by atoms with Crippen LogP contribution < -0.4 is 10.2 Å². The number of phenolic OH excluding ortho intramolecular Hbond substituents is 1. The van der Waals surface area contributed by atoms with E-state index in [1.165, 1.54) is 13.3 Å². The third kappa shape index (κ3) is 3.35. The van der Waals surface area contributed by atoms with Gasteiger partial charge in [0.1, 0.15) is 11.5 Å². The zero-order valence-corrected chi connectivity index (χ0v) is 13.1. The molecule has 0 spiro atoms. The quantitative estimate of drug-likeness (QED) is 0.572. The topological polar surface area (TPSA) is 70.9 Å². The molecule has 0 fully saturated rings. The van der Waals surface area contributed by atoms with Crippen LogP contribution in [-0.2, 0) is 0 Å². The second-order valence-electron chi connectivity index (χ2n) is 5.19. The van der Waals surface area contributed by atoms with Gasteiger partial charge < -0.3 is 9.84 Å². The van der Waals surface area contributed by atoms with Crippen molar-refractivity contribution in [3.8, 4) is 11.5 Å². The molecule has 0 saturated heterocycles. The molecule has 1 amide bonds. The van der Waals surface area contributed by atoms with Gasteiger partial charge in [0.15, 0.2) is 0 Å². The maximum absolute atomic E-state index is 12.4. The minimum atomic E-state index is -0.354. The monoisotopic (exact) mass is 320 g/mol. The van der Waals surface area contributed by atoms with Crippen LogP contribution >= 0.6 is 0 Å². The van der Waals surface area contributed by atoms with Gasteiger partial charge in [-0.2, -0.15) is 5.10 Å². The zero-order chi connectivity index (χ0) is 16.9. The number of nitrogens with one attached hydrogen (secondary N) is 1. The molecule has 0 radical (unpaired) electrons. The van der Waals surface area contributed by atoms with E-state index in [0.29, 0.717) is 11.3 Å². The normalized spacial score (nSPS) is 10.9. The number of hydrogen-bond acceptors (Lipinski definition) is 4. The van der Waals surface area contributed by atoms with Gasteiger partial charge in [0.2, 0.25) is 0 Å². The van der Waals surface area contributed by atoms with Crippen LogP contribution in [0.25, 0.3) is 10.8 Å². The zero-order valence-electron chi connectivity index (χ0n) is 13.1. The summed E-state index contributed by atoms with van der Waals surface area (Å²) in [5.41, 5.74) is 3.67. The number of ether oxygens (including phenoxy) is 1. The molecule has 0 heterocycles. The molecule has 5 heteroatoms. The molecule has 0 atom stereocenters. The number of aromatic hydroxyl groups is 1. The molecule has 0 aliphatic rings. The Morgan fingerprint density at radius 3 is 2.42 bits per heavy atom. The Morgan fingerprint density at radius 2 is 1.75 bits per heavy atom. The highest BCUT2D eigenvalue weighted by Gasteiger charge is 2.13. The average molecular weight is 320 g/mol. The molecule has 0 aliphatic carbocycles. The van der Waals surface area contributed by atoms with Gasteiger partial charge in [-0.1, -0.05) is 24.3 Å². The molecule has 0 aromatic heterocycles. The number of fused-ring (bicyclic) bond motifs is 1. The lowest BCUT2D eigenvalue weighted by atomic mass is 10.1. The van der Waals surface area contributed by atoms with Gasteiger partial charge in [0, 0.05) is 0 Å². The van der Waals surface area contributed by atoms with Gasteiger partial charge in [0.25, 0.3) is 5.91 Å². The van der Waals surface area contributed by atoms with Crippen molar-refractivity contribution in [2.24, 2.45) is 5.10 Å². The van der Waals surface area contributed by atoms with Crippen molar-refractivity contribution in [2.45, 2.75) is 0 Å². The number of nitrogens with zero attached hydrogens (tertiary/aromatic N) is 1. The fourth-order valence-corrected chi connectivity index (χ4v) is 2.35. The van der Waals surface area contributed by atoms with E-state index in [9.17, 15) is 9.90 Å². The minimum absolute atomic E-state index is 0.178. The Hall–Kier alpha value is -3.34. The third-order valence-electron chi connectivity index (χ3n) is 3.59. The highest BCUT2D eigenvalue weighted by Crippen LogP contribution is 2.25. The van der Waals surface area contributed by atoms with Crippen molar-refractivity contribution in [1.29, 1.82) is 0 Å². The summed E-state index contributed by atoms with van der Waals surface area (Å²) >= 11 is 0. The molecule has 0 unspecified atom stereocenters. The molecule has 3 aromatic rings. The molecular weight excluding hydrogens is 304 g/mol. The second kappa shape index (κ2) is 6.83. The fraction of sp³-hybridized carbons (Fsp3) is 0.0526. The number of hydrazone groups is 1. The smallest absolute Gasteiger partial charge is 0.275 e. The first-order chi connectivity index (χ1) is 11.7. The molecule has 5 nitrogen and oxygen atoms in total. The average Bonchev–Trinajstić information content (AvgIpc) is 2.62. The molecule has 2 N–H and O–H groups in total. The summed E-state index contributed by atoms with van der Waals surface area (Å²) in [4.78, 5) is 12.4. The van der Waals surface area contributed by atoms with E-state index < -0.39 is 0 Å². The minimum Gasteiger partial charge on any atom is -0.508 e. The lowest BCUT2D eigenvalue weighted by molar-refractivity contribution is 0.0952. The van der Waals surface area contributed by atoms with Crippen molar-refractivity contribution >= 4 is 22.9 Å². The Morgan fingerprint density at radius 1 is 1.08 bits per heavy atom. The molecule has 3 aromatic carbocycles.